The zero-order valence-electron chi connectivity index (χ0n) is 15.2. The highest BCUT2D eigenvalue weighted by Crippen LogP contribution is 2.32. The summed E-state index contributed by atoms with van der Waals surface area (Å²) >= 11 is 1.74. The van der Waals surface area contributed by atoms with Crippen molar-refractivity contribution in [1.29, 1.82) is 0 Å². The SMILES string of the molecule is CC(C)C1CN(c2nc(-c3ccccc3)cs2)CN1Cc1ccncc1. The van der Waals surface area contributed by atoms with Gasteiger partial charge in [0.05, 0.1) is 12.4 Å². The number of thiazole rings is 1. The van der Waals surface area contributed by atoms with Gasteiger partial charge in [-0.1, -0.05) is 44.2 Å². The number of benzene rings is 1. The molecule has 0 bridgehead atoms. The van der Waals surface area contributed by atoms with Gasteiger partial charge in [-0.25, -0.2) is 4.98 Å². The van der Waals surface area contributed by atoms with E-state index in [-0.39, 0.29) is 0 Å². The van der Waals surface area contributed by atoms with Gasteiger partial charge in [0.25, 0.3) is 0 Å². The van der Waals surface area contributed by atoms with E-state index >= 15 is 0 Å². The van der Waals surface area contributed by atoms with Crippen molar-refractivity contribution < 1.29 is 0 Å². The Kier molecular flexibility index (Phi) is 5.00. The number of nitrogens with zero attached hydrogens (tertiary/aromatic N) is 4. The Bertz CT molecular complexity index is 831. The first-order valence-electron chi connectivity index (χ1n) is 9.09. The predicted molar refractivity (Wildman–Crippen MR) is 108 cm³/mol. The van der Waals surface area contributed by atoms with Crippen molar-refractivity contribution in [3.05, 3.63) is 65.8 Å². The van der Waals surface area contributed by atoms with E-state index < -0.39 is 0 Å². The molecule has 3 heterocycles. The number of rotatable bonds is 5. The summed E-state index contributed by atoms with van der Waals surface area (Å²) < 4.78 is 0. The van der Waals surface area contributed by atoms with E-state index in [9.17, 15) is 0 Å². The van der Waals surface area contributed by atoms with Gasteiger partial charge in [-0.15, -0.1) is 11.3 Å². The largest absolute Gasteiger partial charge is 0.333 e. The first-order valence-corrected chi connectivity index (χ1v) is 9.97. The minimum absolute atomic E-state index is 0.534. The second kappa shape index (κ2) is 7.56. The summed E-state index contributed by atoms with van der Waals surface area (Å²) in [5.74, 6) is 0.607. The molecule has 1 fully saturated rings. The van der Waals surface area contributed by atoms with Gasteiger partial charge in [0.1, 0.15) is 0 Å². The number of pyridine rings is 1. The molecule has 2 aromatic heterocycles. The van der Waals surface area contributed by atoms with E-state index in [1.165, 1.54) is 11.1 Å². The fourth-order valence-corrected chi connectivity index (χ4v) is 4.37. The predicted octanol–water partition coefficient (Wildman–Crippen LogP) is 4.51. The van der Waals surface area contributed by atoms with Crippen LogP contribution in [-0.2, 0) is 6.54 Å². The average Bonchev–Trinajstić information content (AvgIpc) is 3.30. The summed E-state index contributed by atoms with van der Waals surface area (Å²) in [5.41, 5.74) is 3.57. The maximum atomic E-state index is 4.91. The van der Waals surface area contributed by atoms with Gasteiger partial charge in [-0.05, 0) is 23.6 Å². The summed E-state index contributed by atoms with van der Waals surface area (Å²) in [7, 11) is 0. The Balaban J connectivity index is 1.52. The maximum Gasteiger partial charge on any atom is 0.186 e. The second-order valence-electron chi connectivity index (χ2n) is 7.16. The minimum atomic E-state index is 0.534. The Morgan fingerprint density at radius 1 is 1.12 bits per heavy atom. The lowest BCUT2D eigenvalue weighted by atomic mass is 10.0. The summed E-state index contributed by atoms with van der Waals surface area (Å²) in [6.07, 6.45) is 3.75. The third-order valence-corrected chi connectivity index (χ3v) is 5.87. The molecule has 4 rings (SSSR count). The van der Waals surface area contributed by atoms with Crippen molar-refractivity contribution in [2.24, 2.45) is 5.92 Å². The van der Waals surface area contributed by atoms with Gasteiger partial charge in [0.2, 0.25) is 0 Å². The van der Waals surface area contributed by atoms with E-state index in [1.54, 1.807) is 11.3 Å². The number of hydrogen-bond donors (Lipinski definition) is 0. The average molecular weight is 365 g/mol. The van der Waals surface area contributed by atoms with Crippen LogP contribution in [0.4, 0.5) is 5.13 Å². The van der Waals surface area contributed by atoms with Crippen LogP contribution in [-0.4, -0.2) is 34.1 Å². The molecule has 1 unspecified atom stereocenters. The molecule has 5 heteroatoms. The van der Waals surface area contributed by atoms with Crippen LogP contribution in [0.1, 0.15) is 19.4 Å². The summed E-state index contributed by atoms with van der Waals surface area (Å²) in [5, 5.41) is 3.28. The fourth-order valence-electron chi connectivity index (χ4n) is 3.54. The minimum Gasteiger partial charge on any atom is -0.333 e. The van der Waals surface area contributed by atoms with Crippen LogP contribution in [0.2, 0.25) is 0 Å². The van der Waals surface area contributed by atoms with Crippen molar-refractivity contribution >= 4 is 16.5 Å². The molecular weight excluding hydrogens is 340 g/mol. The molecule has 1 saturated heterocycles. The van der Waals surface area contributed by atoms with Crippen LogP contribution in [0.3, 0.4) is 0 Å². The summed E-state index contributed by atoms with van der Waals surface area (Å²) in [4.78, 5) is 14.0. The molecule has 0 aliphatic carbocycles. The van der Waals surface area contributed by atoms with Crippen molar-refractivity contribution in [2.75, 3.05) is 18.1 Å². The highest BCUT2D eigenvalue weighted by Gasteiger charge is 2.33. The van der Waals surface area contributed by atoms with Crippen LogP contribution in [0.25, 0.3) is 11.3 Å². The Hall–Kier alpha value is -2.24. The molecule has 1 aromatic carbocycles. The number of hydrogen-bond acceptors (Lipinski definition) is 5. The van der Waals surface area contributed by atoms with Crippen molar-refractivity contribution in [2.45, 2.75) is 26.4 Å². The van der Waals surface area contributed by atoms with Crippen LogP contribution in [0, 0.1) is 5.92 Å². The van der Waals surface area contributed by atoms with Gasteiger partial charge < -0.3 is 4.90 Å². The molecule has 0 saturated carbocycles. The second-order valence-corrected chi connectivity index (χ2v) is 8.00. The third-order valence-electron chi connectivity index (χ3n) is 4.97. The Morgan fingerprint density at radius 3 is 2.62 bits per heavy atom. The molecule has 4 nitrogen and oxygen atoms in total. The molecule has 26 heavy (non-hydrogen) atoms. The van der Waals surface area contributed by atoms with E-state index in [2.05, 4.69) is 70.4 Å². The van der Waals surface area contributed by atoms with Crippen molar-refractivity contribution in [3.63, 3.8) is 0 Å². The molecule has 1 atom stereocenters. The molecule has 1 aliphatic heterocycles. The number of aromatic nitrogens is 2. The van der Waals surface area contributed by atoms with Crippen molar-refractivity contribution in [3.8, 4) is 11.3 Å². The molecule has 1 aliphatic rings. The van der Waals surface area contributed by atoms with E-state index in [0.29, 0.717) is 12.0 Å². The fraction of sp³-hybridized carbons (Fsp3) is 0.333. The van der Waals surface area contributed by atoms with E-state index in [1.807, 2.05) is 18.5 Å². The summed E-state index contributed by atoms with van der Waals surface area (Å²) in [6.45, 7) is 7.53. The normalized spacial score (nSPS) is 18.0. The quantitative estimate of drug-likeness (QED) is 0.667. The van der Waals surface area contributed by atoms with Crippen LogP contribution < -0.4 is 4.90 Å². The lowest BCUT2D eigenvalue weighted by Gasteiger charge is -2.25. The molecule has 0 radical (unpaired) electrons. The molecule has 0 amide bonds. The van der Waals surface area contributed by atoms with Gasteiger partial charge >= 0.3 is 0 Å². The first-order chi connectivity index (χ1) is 12.7. The maximum absolute atomic E-state index is 4.91. The highest BCUT2D eigenvalue weighted by molar-refractivity contribution is 7.14. The van der Waals surface area contributed by atoms with Crippen LogP contribution in [0.5, 0.6) is 0 Å². The van der Waals surface area contributed by atoms with Crippen LogP contribution >= 0.6 is 11.3 Å². The van der Waals surface area contributed by atoms with Crippen molar-refractivity contribution in [1.82, 2.24) is 14.9 Å². The Labute approximate surface area is 159 Å². The van der Waals surface area contributed by atoms with E-state index in [4.69, 9.17) is 4.98 Å². The van der Waals surface area contributed by atoms with Gasteiger partial charge in [-0.3, -0.25) is 9.88 Å². The monoisotopic (exact) mass is 364 g/mol. The van der Waals surface area contributed by atoms with Gasteiger partial charge in [0.15, 0.2) is 5.13 Å². The van der Waals surface area contributed by atoms with E-state index in [0.717, 1.165) is 30.6 Å². The third kappa shape index (κ3) is 3.64. The molecule has 134 valence electrons. The molecule has 0 N–H and O–H groups in total. The Morgan fingerprint density at radius 2 is 1.88 bits per heavy atom. The molecular formula is C21H24N4S. The summed E-state index contributed by atoms with van der Waals surface area (Å²) in [6, 6.07) is 15.2. The topological polar surface area (TPSA) is 32.3 Å². The van der Waals surface area contributed by atoms with Gasteiger partial charge in [0, 0.05) is 42.5 Å². The standard InChI is InChI=1S/C21H24N4S/c1-16(2)20-13-25(15-24(20)12-17-8-10-22-11-9-17)21-23-19(14-26-21)18-6-4-3-5-7-18/h3-11,14,16,20H,12-13,15H2,1-2H3. The first kappa shape index (κ1) is 17.2. The van der Waals surface area contributed by atoms with Gasteiger partial charge in [-0.2, -0.15) is 0 Å². The van der Waals surface area contributed by atoms with Crippen LogP contribution in [0.15, 0.2) is 60.2 Å². The lowest BCUT2D eigenvalue weighted by Crippen LogP contribution is -2.34. The number of anilines is 1. The smallest absolute Gasteiger partial charge is 0.186 e. The molecule has 3 aromatic rings. The zero-order valence-corrected chi connectivity index (χ0v) is 16.1. The molecule has 0 spiro atoms. The highest BCUT2D eigenvalue weighted by atomic mass is 32.1. The lowest BCUT2D eigenvalue weighted by molar-refractivity contribution is 0.206. The zero-order chi connectivity index (χ0) is 17.9.